The minimum Gasteiger partial charge on any atom is -0.383 e. The zero-order valence-corrected chi connectivity index (χ0v) is 7.32. The van der Waals surface area contributed by atoms with E-state index in [0.29, 0.717) is 19.3 Å². The van der Waals surface area contributed by atoms with Crippen LogP contribution in [0.4, 0.5) is 0 Å². The van der Waals surface area contributed by atoms with Gasteiger partial charge in [-0.3, -0.25) is 10.1 Å². The van der Waals surface area contributed by atoms with Gasteiger partial charge in [0.2, 0.25) is 6.04 Å². The fourth-order valence-corrected chi connectivity index (χ4v) is 1.92. The minimum absolute atomic E-state index is 0.331. The van der Waals surface area contributed by atoms with E-state index in [1.54, 1.807) is 0 Å². The van der Waals surface area contributed by atoms with Crippen LogP contribution < -0.4 is 0 Å². The van der Waals surface area contributed by atoms with Gasteiger partial charge in [-0.2, -0.15) is 0 Å². The van der Waals surface area contributed by atoms with Crippen molar-refractivity contribution in [1.82, 2.24) is 0 Å². The lowest BCUT2D eigenvalue weighted by Gasteiger charge is -2.33. The highest BCUT2D eigenvalue weighted by molar-refractivity contribution is 4.89. The van der Waals surface area contributed by atoms with Gasteiger partial charge in [0.15, 0.2) is 0 Å². The Morgan fingerprint density at radius 3 is 2.75 bits per heavy atom. The van der Waals surface area contributed by atoms with E-state index in [0.717, 1.165) is 12.8 Å². The van der Waals surface area contributed by atoms with Gasteiger partial charge in [-0.05, 0) is 19.3 Å². The van der Waals surface area contributed by atoms with Gasteiger partial charge in [-0.25, -0.2) is 0 Å². The second-order valence-electron chi connectivity index (χ2n) is 3.50. The van der Waals surface area contributed by atoms with Crippen molar-refractivity contribution >= 4 is 0 Å². The zero-order valence-electron chi connectivity index (χ0n) is 7.32. The number of rotatable bonds is 2. The highest BCUT2D eigenvalue weighted by atomic mass is 16.6. The molecule has 0 unspecified atom stereocenters. The van der Waals surface area contributed by atoms with Gasteiger partial charge in [0.25, 0.3) is 0 Å². The second kappa shape index (κ2) is 3.39. The third-order valence-electron chi connectivity index (χ3n) is 2.82. The summed E-state index contributed by atoms with van der Waals surface area (Å²) < 4.78 is 0. The molecule has 1 aliphatic carbocycles. The number of aliphatic hydroxyl groups is 1. The van der Waals surface area contributed by atoms with Gasteiger partial charge in [0.1, 0.15) is 5.60 Å². The molecule has 2 atom stereocenters. The van der Waals surface area contributed by atoms with Gasteiger partial charge in [-0.1, -0.05) is 13.3 Å². The molecule has 1 N–H and O–H groups in total. The van der Waals surface area contributed by atoms with Gasteiger partial charge >= 0.3 is 0 Å². The number of hydrogen-bond acceptors (Lipinski definition) is 3. The summed E-state index contributed by atoms with van der Waals surface area (Å²) in [4.78, 5) is 10.2. The molecule has 4 nitrogen and oxygen atoms in total. The Morgan fingerprint density at radius 2 is 2.33 bits per heavy atom. The summed E-state index contributed by atoms with van der Waals surface area (Å²) in [5.41, 5.74) is -1.04. The molecule has 1 saturated carbocycles. The van der Waals surface area contributed by atoms with E-state index < -0.39 is 11.6 Å². The van der Waals surface area contributed by atoms with Crippen molar-refractivity contribution in [2.75, 3.05) is 0 Å². The Hall–Kier alpha value is -0.640. The van der Waals surface area contributed by atoms with Gasteiger partial charge in [0.05, 0.1) is 0 Å². The van der Waals surface area contributed by atoms with Crippen LogP contribution >= 0.6 is 0 Å². The first-order valence-corrected chi connectivity index (χ1v) is 4.46. The van der Waals surface area contributed by atoms with E-state index in [2.05, 4.69) is 0 Å². The van der Waals surface area contributed by atoms with E-state index in [1.807, 2.05) is 6.92 Å². The molecule has 0 aromatic heterocycles. The molecular formula is C8H15NO3. The first-order valence-electron chi connectivity index (χ1n) is 4.46. The van der Waals surface area contributed by atoms with Gasteiger partial charge in [-0.15, -0.1) is 0 Å². The molecule has 0 aromatic rings. The van der Waals surface area contributed by atoms with Crippen molar-refractivity contribution in [2.24, 2.45) is 0 Å². The lowest BCUT2D eigenvalue weighted by molar-refractivity contribution is -0.550. The highest BCUT2D eigenvalue weighted by Gasteiger charge is 2.45. The lowest BCUT2D eigenvalue weighted by atomic mass is 9.79. The van der Waals surface area contributed by atoms with Crippen molar-refractivity contribution in [3.63, 3.8) is 0 Å². The summed E-state index contributed by atoms with van der Waals surface area (Å²) in [6.45, 7) is 1.81. The first-order chi connectivity index (χ1) is 5.60. The topological polar surface area (TPSA) is 63.4 Å². The molecule has 0 radical (unpaired) electrons. The van der Waals surface area contributed by atoms with Crippen LogP contribution in [0.3, 0.4) is 0 Å². The van der Waals surface area contributed by atoms with Crippen LogP contribution in [0, 0.1) is 10.1 Å². The second-order valence-corrected chi connectivity index (χ2v) is 3.50. The molecule has 0 aromatic carbocycles. The molecule has 1 rings (SSSR count). The van der Waals surface area contributed by atoms with Crippen molar-refractivity contribution in [3.05, 3.63) is 10.1 Å². The maximum absolute atomic E-state index is 10.6. The van der Waals surface area contributed by atoms with Gasteiger partial charge < -0.3 is 5.11 Å². The van der Waals surface area contributed by atoms with E-state index >= 15 is 0 Å². The Kier molecular flexibility index (Phi) is 2.67. The summed E-state index contributed by atoms with van der Waals surface area (Å²) in [6.07, 6.45) is 3.37. The molecule has 0 saturated heterocycles. The van der Waals surface area contributed by atoms with Crippen LogP contribution in [0.5, 0.6) is 0 Å². The SMILES string of the molecule is CC[C@@]1(O)CCCC[C@H]1[N+](=O)[O-]. The smallest absolute Gasteiger partial charge is 0.241 e. The predicted molar refractivity (Wildman–Crippen MR) is 44.5 cm³/mol. The fraction of sp³-hybridized carbons (Fsp3) is 1.00. The molecule has 12 heavy (non-hydrogen) atoms. The molecule has 0 aliphatic heterocycles. The first kappa shape index (κ1) is 9.45. The zero-order chi connectivity index (χ0) is 9.19. The van der Waals surface area contributed by atoms with Crippen LogP contribution in [0.2, 0.25) is 0 Å². The molecule has 1 aliphatic rings. The van der Waals surface area contributed by atoms with Crippen LogP contribution in [-0.2, 0) is 0 Å². The predicted octanol–water partition coefficient (Wildman–Crippen LogP) is 1.35. The summed E-state index contributed by atoms with van der Waals surface area (Å²) in [5, 5.41) is 20.4. The monoisotopic (exact) mass is 173 g/mol. The average Bonchev–Trinajstić information content (AvgIpc) is 2.05. The number of nitrogens with zero attached hydrogens (tertiary/aromatic N) is 1. The van der Waals surface area contributed by atoms with E-state index in [9.17, 15) is 15.2 Å². The maximum Gasteiger partial charge on any atom is 0.241 e. The Morgan fingerprint density at radius 1 is 1.67 bits per heavy atom. The van der Waals surface area contributed by atoms with Crippen molar-refractivity contribution in [1.29, 1.82) is 0 Å². The summed E-state index contributed by atoms with van der Waals surface area (Å²) in [7, 11) is 0. The van der Waals surface area contributed by atoms with Crippen molar-refractivity contribution in [3.8, 4) is 0 Å². The van der Waals surface area contributed by atoms with Crippen LogP contribution in [-0.4, -0.2) is 21.7 Å². The Labute approximate surface area is 71.7 Å². The van der Waals surface area contributed by atoms with E-state index in [1.165, 1.54) is 0 Å². The highest BCUT2D eigenvalue weighted by Crippen LogP contribution is 2.32. The number of nitro groups is 1. The molecule has 0 spiro atoms. The summed E-state index contributed by atoms with van der Waals surface area (Å²) in [6, 6.07) is -0.740. The normalized spacial score (nSPS) is 36.3. The summed E-state index contributed by atoms with van der Waals surface area (Å²) in [5.74, 6) is 0. The Bertz CT molecular complexity index is 183. The van der Waals surface area contributed by atoms with Gasteiger partial charge in [0, 0.05) is 11.3 Å². The third kappa shape index (κ3) is 1.58. The van der Waals surface area contributed by atoms with Crippen molar-refractivity contribution in [2.45, 2.75) is 50.7 Å². The summed E-state index contributed by atoms with van der Waals surface area (Å²) >= 11 is 0. The standard InChI is InChI=1S/C8H15NO3/c1-2-8(10)6-4-3-5-7(8)9(11)12/h7,10H,2-6H2,1H3/t7-,8-/m1/s1. The minimum atomic E-state index is -1.04. The largest absolute Gasteiger partial charge is 0.383 e. The van der Waals surface area contributed by atoms with Crippen molar-refractivity contribution < 1.29 is 10.0 Å². The third-order valence-corrected chi connectivity index (χ3v) is 2.82. The Balaban J connectivity index is 2.73. The van der Waals surface area contributed by atoms with Crippen LogP contribution in [0.1, 0.15) is 39.0 Å². The molecule has 70 valence electrons. The molecule has 0 amide bonds. The molecule has 0 bridgehead atoms. The molecular weight excluding hydrogens is 158 g/mol. The molecule has 0 heterocycles. The molecule has 4 heteroatoms. The number of hydrogen-bond donors (Lipinski definition) is 1. The molecule has 1 fully saturated rings. The lowest BCUT2D eigenvalue weighted by Crippen LogP contribution is -2.48. The van der Waals surface area contributed by atoms with Crippen LogP contribution in [0.15, 0.2) is 0 Å². The van der Waals surface area contributed by atoms with E-state index in [4.69, 9.17) is 0 Å². The maximum atomic E-state index is 10.6. The average molecular weight is 173 g/mol. The van der Waals surface area contributed by atoms with Crippen LogP contribution in [0.25, 0.3) is 0 Å². The quantitative estimate of drug-likeness (QED) is 0.506. The van der Waals surface area contributed by atoms with E-state index in [-0.39, 0.29) is 4.92 Å². The fourth-order valence-electron chi connectivity index (χ4n) is 1.92.